The third-order valence-corrected chi connectivity index (χ3v) is 14.8. The van der Waals surface area contributed by atoms with Crippen LogP contribution in [0.5, 0.6) is 0 Å². The molecule has 0 aliphatic rings. The van der Waals surface area contributed by atoms with Crippen molar-refractivity contribution in [3.63, 3.8) is 0 Å². The molecule has 0 spiro atoms. The first-order valence-corrected chi connectivity index (χ1v) is 21.5. The Morgan fingerprint density at radius 1 is 0.241 bits per heavy atom. The van der Waals surface area contributed by atoms with Crippen LogP contribution in [0.1, 0.15) is 0 Å². The zero-order valence-corrected chi connectivity index (χ0v) is 32.9. The Balaban J connectivity index is 1.02. The van der Waals surface area contributed by atoms with Gasteiger partial charge in [0.2, 0.25) is 0 Å². The second kappa shape index (κ2) is 12.3. The maximum atomic E-state index is 2.43. The maximum absolute atomic E-state index is 2.43. The molecule has 268 valence electrons. The summed E-state index contributed by atoms with van der Waals surface area (Å²) >= 11 is 3.82. The number of thiophene rings is 2. The van der Waals surface area contributed by atoms with Gasteiger partial charge in [0.15, 0.2) is 0 Å². The smallest absolute Gasteiger partial charge is 0.0434 e. The van der Waals surface area contributed by atoms with Crippen molar-refractivity contribution in [3.05, 3.63) is 194 Å². The summed E-state index contributed by atoms with van der Waals surface area (Å²) in [5.74, 6) is 0. The van der Waals surface area contributed by atoms with Gasteiger partial charge in [0.05, 0.1) is 0 Å². The van der Waals surface area contributed by atoms with Crippen molar-refractivity contribution < 1.29 is 0 Å². The molecule has 0 bridgehead atoms. The predicted molar refractivity (Wildman–Crippen MR) is 256 cm³/mol. The minimum absolute atomic E-state index is 1.25. The maximum Gasteiger partial charge on any atom is 0.0434 e. The molecule has 0 saturated heterocycles. The summed E-state index contributed by atoms with van der Waals surface area (Å²) in [7, 11) is 0. The molecular weight excluding hydrogens is 737 g/mol. The Hall–Kier alpha value is -6.84. The fraction of sp³-hybridized carbons (Fsp3) is 0. The van der Waals surface area contributed by atoms with E-state index in [4.69, 9.17) is 0 Å². The van der Waals surface area contributed by atoms with Gasteiger partial charge >= 0.3 is 0 Å². The van der Waals surface area contributed by atoms with Crippen molar-refractivity contribution in [2.24, 2.45) is 0 Å². The minimum atomic E-state index is 1.25. The molecule has 0 unspecified atom stereocenters. The van der Waals surface area contributed by atoms with Crippen LogP contribution in [-0.4, -0.2) is 0 Å². The van der Waals surface area contributed by atoms with Crippen LogP contribution in [0.2, 0.25) is 0 Å². The molecule has 0 nitrogen and oxygen atoms in total. The van der Waals surface area contributed by atoms with Crippen LogP contribution in [0, 0.1) is 0 Å². The fourth-order valence-corrected chi connectivity index (χ4v) is 12.2. The highest BCUT2D eigenvalue weighted by Gasteiger charge is 2.20. The van der Waals surface area contributed by atoms with Crippen molar-refractivity contribution >= 4 is 117 Å². The van der Waals surface area contributed by atoms with Crippen molar-refractivity contribution in [1.29, 1.82) is 0 Å². The van der Waals surface area contributed by atoms with Crippen LogP contribution in [0.3, 0.4) is 0 Å². The Morgan fingerprint density at radius 2 is 0.793 bits per heavy atom. The van der Waals surface area contributed by atoms with Gasteiger partial charge in [-0.1, -0.05) is 164 Å². The molecule has 0 amide bonds. The number of hydrogen-bond acceptors (Lipinski definition) is 2. The molecule has 58 heavy (non-hydrogen) atoms. The zero-order valence-electron chi connectivity index (χ0n) is 31.3. The number of fused-ring (bicyclic) bond motifs is 12. The molecule has 0 aliphatic heterocycles. The molecule has 0 fully saturated rings. The van der Waals surface area contributed by atoms with Crippen molar-refractivity contribution in [3.8, 4) is 33.4 Å². The van der Waals surface area contributed by atoms with Crippen molar-refractivity contribution in [1.82, 2.24) is 0 Å². The number of rotatable bonds is 3. The number of hydrogen-bond donors (Lipinski definition) is 0. The Morgan fingerprint density at radius 3 is 1.53 bits per heavy atom. The summed E-state index contributed by atoms with van der Waals surface area (Å²) in [5.41, 5.74) is 7.62. The highest BCUT2D eigenvalue weighted by molar-refractivity contribution is 7.27. The van der Waals surface area contributed by atoms with E-state index in [-0.39, 0.29) is 0 Å². The van der Waals surface area contributed by atoms with E-state index >= 15 is 0 Å². The van der Waals surface area contributed by atoms with Gasteiger partial charge in [-0.25, -0.2) is 0 Å². The van der Waals surface area contributed by atoms with Gasteiger partial charge in [0.25, 0.3) is 0 Å². The van der Waals surface area contributed by atoms with Crippen LogP contribution < -0.4 is 0 Å². The number of benzene rings is 11. The summed E-state index contributed by atoms with van der Waals surface area (Å²) in [6, 6.07) is 72.6. The lowest BCUT2D eigenvalue weighted by atomic mass is 9.83. The van der Waals surface area contributed by atoms with Crippen LogP contribution in [-0.2, 0) is 0 Å². The van der Waals surface area contributed by atoms with Gasteiger partial charge in [0, 0.05) is 45.7 Å². The second-order valence-corrected chi connectivity index (χ2v) is 17.6. The average Bonchev–Trinajstić information content (AvgIpc) is 3.85. The van der Waals surface area contributed by atoms with Gasteiger partial charge in [0.1, 0.15) is 0 Å². The van der Waals surface area contributed by atoms with Crippen LogP contribution >= 0.6 is 22.7 Å². The fourth-order valence-electron chi connectivity index (χ4n) is 9.87. The summed E-state index contributed by atoms with van der Waals surface area (Å²) in [5, 5.41) is 18.2. The summed E-state index contributed by atoms with van der Waals surface area (Å²) in [6.45, 7) is 0. The summed E-state index contributed by atoms with van der Waals surface area (Å²) in [4.78, 5) is 0. The highest BCUT2D eigenvalue weighted by Crippen LogP contribution is 2.49. The van der Waals surface area contributed by atoms with E-state index in [2.05, 4.69) is 194 Å². The van der Waals surface area contributed by atoms with E-state index in [0.29, 0.717) is 0 Å². The van der Waals surface area contributed by atoms with Gasteiger partial charge in [-0.3, -0.25) is 0 Å². The quantitative estimate of drug-likeness (QED) is 0.157. The lowest BCUT2D eigenvalue weighted by Gasteiger charge is -2.20. The van der Waals surface area contributed by atoms with E-state index < -0.39 is 0 Å². The first-order chi connectivity index (χ1) is 28.8. The Kier molecular flexibility index (Phi) is 6.86. The minimum Gasteiger partial charge on any atom is -0.135 e. The van der Waals surface area contributed by atoms with Gasteiger partial charge in [-0.05, 0) is 112 Å². The van der Waals surface area contributed by atoms with E-state index in [1.165, 1.54) is 128 Å². The zero-order chi connectivity index (χ0) is 37.9. The monoisotopic (exact) mass is 768 g/mol. The molecular formula is C56H32S2. The average molecular weight is 769 g/mol. The van der Waals surface area contributed by atoms with Gasteiger partial charge in [-0.2, -0.15) is 0 Å². The highest BCUT2D eigenvalue weighted by atomic mass is 32.1. The molecule has 2 aromatic heterocycles. The van der Waals surface area contributed by atoms with Crippen LogP contribution in [0.4, 0.5) is 0 Å². The van der Waals surface area contributed by atoms with E-state index in [0.717, 1.165) is 0 Å². The SMILES string of the molecule is c1ccc2c(-c3c4ccccc4c(-c4ccc(-c5ccc6sc7c8cc9sc%10ccccc%10c9cc8ccc7c6c5)c5ccccc45)c4ccccc34)cccc2c1. The molecule has 13 aromatic rings. The van der Waals surface area contributed by atoms with Crippen LogP contribution in [0.25, 0.3) is 128 Å². The van der Waals surface area contributed by atoms with Crippen molar-refractivity contribution in [2.75, 3.05) is 0 Å². The molecule has 2 heteroatoms. The molecule has 11 aromatic carbocycles. The summed E-state index contributed by atoms with van der Waals surface area (Å²) in [6.07, 6.45) is 0. The molecule has 0 saturated carbocycles. The predicted octanol–water partition coefficient (Wildman–Crippen LogP) is 17.2. The third-order valence-electron chi connectivity index (χ3n) is 12.4. The third kappa shape index (κ3) is 4.62. The van der Waals surface area contributed by atoms with E-state index in [1.54, 1.807) is 0 Å². The molecule has 0 N–H and O–H groups in total. The first-order valence-electron chi connectivity index (χ1n) is 19.9. The summed E-state index contributed by atoms with van der Waals surface area (Å²) < 4.78 is 5.40. The van der Waals surface area contributed by atoms with E-state index in [9.17, 15) is 0 Å². The first kappa shape index (κ1) is 32.3. The lowest BCUT2D eigenvalue weighted by molar-refractivity contribution is 1.67. The van der Waals surface area contributed by atoms with Gasteiger partial charge in [-0.15, -0.1) is 22.7 Å². The lowest BCUT2D eigenvalue weighted by Crippen LogP contribution is -1.93. The topological polar surface area (TPSA) is 0 Å². The molecule has 0 radical (unpaired) electrons. The molecule has 13 rings (SSSR count). The molecule has 2 heterocycles. The molecule has 0 aliphatic carbocycles. The van der Waals surface area contributed by atoms with Crippen LogP contribution in [0.15, 0.2) is 194 Å². The Bertz CT molecular complexity index is 3800. The molecule has 0 atom stereocenters. The largest absolute Gasteiger partial charge is 0.135 e. The normalized spacial score (nSPS) is 12.1. The van der Waals surface area contributed by atoms with Crippen molar-refractivity contribution in [2.45, 2.75) is 0 Å². The standard InChI is InChI=1S/C56H32S2/c1-2-14-36-33(12-1)13-11-22-41(36)54-42-18-5-7-20-44(42)55(45-21-8-6-19-43(45)54)46-28-27-37(38-15-3-4-16-39(38)46)34-25-29-52-50(30-34)47-26-24-35-31-49-40-17-9-10-23-51(40)57-53(49)32-48(35)56(47)58-52/h1-32H. The van der Waals surface area contributed by atoms with Gasteiger partial charge < -0.3 is 0 Å². The Labute approximate surface area is 342 Å². The van der Waals surface area contributed by atoms with E-state index in [1.807, 2.05) is 22.7 Å². The second-order valence-electron chi connectivity index (χ2n) is 15.5.